The average molecular weight is 146 g/mol. The molecule has 54 valence electrons. The number of Topliss-reactive ketones (excluding diaryl/α,β-unsaturated/α-hetero) is 1. The van der Waals surface area contributed by atoms with Crippen LogP contribution in [0.3, 0.4) is 0 Å². The number of carbonyl (C=O) groups excluding carboxylic acids is 1. The van der Waals surface area contributed by atoms with Crippen LogP contribution >= 0.6 is 0 Å². The molecule has 0 unspecified atom stereocenters. The Morgan fingerprint density at radius 2 is 2.36 bits per heavy atom. The highest BCUT2D eigenvalue weighted by molar-refractivity contribution is 6.29. The molecule has 11 heavy (non-hydrogen) atoms. The van der Waals surface area contributed by atoms with Crippen LogP contribution in [-0.4, -0.2) is 17.0 Å². The maximum absolute atomic E-state index is 10.9. The molecule has 0 N–H and O–H groups in total. The summed E-state index contributed by atoms with van der Waals surface area (Å²) in [7, 11) is 0. The van der Waals surface area contributed by atoms with Crippen molar-refractivity contribution in [2.75, 3.05) is 0 Å². The lowest BCUT2D eigenvalue weighted by molar-refractivity contribution is -0.112. The summed E-state index contributed by atoms with van der Waals surface area (Å²) < 4.78 is 0. The van der Waals surface area contributed by atoms with E-state index in [4.69, 9.17) is 0 Å². The molecule has 2 rings (SSSR count). The lowest BCUT2D eigenvalue weighted by atomic mass is 10.1. The molecular weight excluding hydrogens is 140 g/mol. The second kappa shape index (κ2) is 2.27. The molecule has 0 spiro atoms. The van der Waals surface area contributed by atoms with E-state index in [9.17, 15) is 4.79 Å². The number of pyridine rings is 1. The first-order valence-corrected chi connectivity index (χ1v) is 3.36. The van der Waals surface area contributed by atoms with Crippen LogP contribution in [0.1, 0.15) is 5.56 Å². The lowest BCUT2D eigenvalue weighted by Crippen LogP contribution is -2.07. The van der Waals surface area contributed by atoms with E-state index in [1.807, 2.05) is 6.07 Å². The van der Waals surface area contributed by atoms with E-state index in [1.54, 1.807) is 12.4 Å². The summed E-state index contributed by atoms with van der Waals surface area (Å²) in [6.07, 6.45) is 5.15. The highest BCUT2D eigenvalue weighted by Gasteiger charge is 2.09. The molecule has 0 saturated carbocycles. The van der Waals surface area contributed by atoms with Crippen molar-refractivity contribution < 1.29 is 4.79 Å². The van der Waals surface area contributed by atoms with Gasteiger partial charge in [0.05, 0.1) is 18.1 Å². The van der Waals surface area contributed by atoms with Gasteiger partial charge < -0.3 is 0 Å². The Balaban J connectivity index is 2.54. The summed E-state index contributed by atoms with van der Waals surface area (Å²) in [4.78, 5) is 18.7. The highest BCUT2D eigenvalue weighted by atomic mass is 16.1. The summed E-state index contributed by atoms with van der Waals surface area (Å²) >= 11 is 0. The standard InChI is InChI=1S/C8H6N2O/c11-7-3-6-1-2-9-5-8(6)10-4-7/h1-2,4-5H,3H2. The van der Waals surface area contributed by atoms with Gasteiger partial charge in [0, 0.05) is 12.6 Å². The number of nitrogens with zero attached hydrogens (tertiary/aromatic N) is 2. The number of hydrogen-bond donors (Lipinski definition) is 0. The molecule has 1 aliphatic rings. The van der Waals surface area contributed by atoms with Gasteiger partial charge in [-0.1, -0.05) is 0 Å². The molecule has 3 heteroatoms. The zero-order valence-electron chi connectivity index (χ0n) is 5.82. The van der Waals surface area contributed by atoms with Crippen molar-refractivity contribution in [2.24, 2.45) is 4.99 Å². The molecule has 3 nitrogen and oxygen atoms in total. The van der Waals surface area contributed by atoms with Gasteiger partial charge in [-0.2, -0.15) is 0 Å². The van der Waals surface area contributed by atoms with E-state index in [2.05, 4.69) is 9.98 Å². The molecular formula is C8H6N2O. The maximum atomic E-state index is 10.9. The van der Waals surface area contributed by atoms with E-state index in [-0.39, 0.29) is 5.78 Å². The van der Waals surface area contributed by atoms with Gasteiger partial charge in [0.25, 0.3) is 0 Å². The predicted octanol–water partition coefficient (Wildman–Crippen LogP) is 0.909. The Morgan fingerprint density at radius 3 is 3.27 bits per heavy atom. The summed E-state index contributed by atoms with van der Waals surface area (Å²) in [5.41, 5.74) is 1.78. The van der Waals surface area contributed by atoms with E-state index < -0.39 is 0 Å². The molecule has 2 heterocycles. The van der Waals surface area contributed by atoms with Crippen LogP contribution < -0.4 is 0 Å². The smallest absolute Gasteiger partial charge is 0.178 e. The molecule has 0 atom stereocenters. The summed E-state index contributed by atoms with van der Waals surface area (Å²) in [5, 5.41) is 0. The molecule has 0 bridgehead atoms. The third-order valence-electron chi connectivity index (χ3n) is 1.60. The van der Waals surface area contributed by atoms with Gasteiger partial charge in [0.1, 0.15) is 0 Å². The number of aliphatic imine (C=N–C) groups is 1. The van der Waals surface area contributed by atoms with Crippen LogP contribution in [0, 0.1) is 0 Å². The SMILES string of the molecule is O=C1C=Nc2cnccc2C1. The second-order valence-electron chi connectivity index (χ2n) is 2.41. The summed E-state index contributed by atoms with van der Waals surface area (Å²) in [6, 6.07) is 1.82. The van der Waals surface area contributed by atoms with Crippen molar-refractivity contribution in [3.05, 3.63) is 24.0 Å². The molecule has 0 radical (unpaired) electrons. The van der Waals surface area contributed by atoms with Gasteiger partial charge in [0.2, 0.25) is 0 Å². The zero-order valence-corrected chi connectivity index (χ0v) is 5.82. The van der Waals surface area contributed by atoms with Crippen molar-refractivity contribution >= 4 is 17.7 Å². The maximum Gasteiger partial charge on any atom is 0.178 e. The minimum absolute atomic E-state index is 0.0590. The fraction of sp³-hybridized carbons (Fsp3) is 0.125. The number of ketones is 1. The minimum atomic E-state index is 0.0590. The van der Waals surface area contributed by atoms with Gasteiger partial charge in [-0.3, -0.25) is 14.8 Å². The summed E-state index contributed by atoms with van der Waals surface area (Å²) in [6.45, 7) is 0. The first kappa shape index (κ1) is 6.22. The topological polar surface area (TPSA) is 42.3 Å². The predicted molar refractivity (Wildman–Crippen MR) is 41.1 cm³/mol. The van der Waals surface area contributed by atoms with Crippen LogP contribution in [0.15, 0.2) is 23.5 Å². The second-order valence-corrected chi connectivity index (χ2v) is 2.41. The number of hydrogen-bond acceptors (Lipinski definition) is 3. The Hall–Kier alpha value is -1.51. The van der Waals surface area contributed by atoms with E-state index in [0.29, 0.717) is 6.42 Å². The Labute approximate surface area is 63.8 Å². The largest absolute Gasteiger partial charge is 0.293 e. The van der Waals surface area contributed by atoms with Crippen LogP contribution in [0.2, 0.25) is 0 Å². The molecule has 0 amide bonds. The van der Waals surface area contributed by atoms with Crippen molar-refractivity contribution in [3.63, 3.8) is 0 Å². The minimum Gasteiger partial charge on any atom is -0.293 e. The van der Waals surface area contributed by atoms with E-state index in [1.165, 1.54) is 6.21 Å². The first-order chi connectivity index (χ1) is 5.36. The van der Waals surface area contributed by atoms with E-state index >= 15 is 0 Å². The fourth-order valence-corrected chi connectivity index (χ4v) is 1.06. The quantitative estimate of drug-likeness (QED) is 0.546. The van der Waals surface area contributed by atoms with Gasteiger partial charge >= 0.3 is 0 Å². The average Bonchev–Trinajstić information content (AvgIpc) is 2.04. The molecule has 0 fully saturated rings. The number of rotatable bonds is 0. The molecule has 1 aliphatic heterocycles. The van der Waals surface area contributed by atoms with Crippen LogP contribution in [0.4, 0.5) is 5.69 Å². The fourth-order valence-electron chi connectivity index (χ4n) is 1.06. The number of carbonyl (C=O) groups is 1. The highest BCUT2D eigenvalue weighted by Crippen LogP contribution is 2.19. The number of fused-ring (bicyclic) bond motifs is 1. The van der Waals surface area contributed by atoms with Gasteiger partial charge in [-0.05, 0) is 11.6 Å². The normalized spacial score (nSPS) is 14.7. The molecule has 0 saturated heterocycles. The van der Waals surface area contributed by atoms with Crippen LogP contribution in [-0.2, 0) is 11.2 Å². The third kappa shape index (κ3) is 1.05. The molecule has 0 aromatic carbocycles. The van der Waals surface area contributed by atoms with Gasteiger partial charge in [-0.25, -0.2) is 0 Å². The zero-order chi connectivity index (χ0) is 7.68. The Kier molecular flexibility index (Phi) is 1.28. The third-order valence-corrected chi connectivity index (χ3v) is 1.60. The van der Waals surface area contributed by atoms with E-state index in [0.717, 1.165) is 11.3 Å². The first-order valence-electron chi connectivity index (χ1n) is 3.36. The monoisotopic (exact) mass is 146 g/mol. The molecule has 1 aromatic rings. The Morgan fingerprint density at radius 1 is 1.45 bits per heavy atom. The number of aromatic nitrogens is 1. The van der Waals surface area contributed by atoms with Crippen molar-refractivity contribution in [3.8, 4) is 0 Å². The van der Waals surface area contributed by atoms with Crippen molar-refractivity contribution in [1.29, 1.82) is 0 Å². The molecule has 1 aromatic heterocycles. The van der Waals surface area contributed by atoms with Crippen molar-refractivity contribution in [2.45, 2.75) is 6.42 Å². The molecule has 0 aliphatic carbocycles. The van der Waals surface area contributed by atoms with Crippen molar-refractivity contribution in [1.82, 2.24) is 4.98 Å². The Bertz CT molecular complexity index is 331. The van der Waals surface area contributed by atoms with Crippen LogP contribution in [0.25, 0.3) is 0 Å². The van der Waals surface area contributed by atoms with Gasteiger partial charge in [0.15, 0.2) is 5.78 Å². The lowest BCUT2D eigenvalue weighted by Gasteiger charge is -2.05. The summed E-state index contributed by atoms with van der Waals surface area (Å²) in [5.74, 6) is 0.0590. The van der Waals surface area contributed by atoms with Gasteiger partial charge in [-0.15, -0.1) is 0 Å². The van der Waals surface area contributed by atoms with Crippen LogP contribution in [0.5, 0.6) is 0 Å².